The molecule has 0 amide bonds. The second-order valence-electron chi connectivity index (χ2n) is 6.59. The van der Waals surface area contributed by atoms with Gasteiger partial charge in [0, 0.05) is 0 Å². The molecular formula is C18H22. The summed E-state index contributed by atoms with van der Waals surface area (Å²) in [6.07, 6.45) is 3.79. The van der Waals surface area contributed by atoms with Gasteiger partial charge in [0.25, 0.3) is 0 Å². The maximum atomic E-state index is 2.40. The van der Waals surface area contributed by atoms with E-state index in [2.05, 4.69) is 52.0 Å². The summed E-state index contributed by atoms with van der Waals surface area (Å²) in [5.74, 6) is 0. The van der Waals surface area contributed by atoms with Gasteiger partial charge in [-0.05, 0) is 71.6 Å². The summed E-state index contributed by atoms with van der Waals surface area (Å²) in [6.45, 7) is 9.39. The van der Waals surface area contributed by atoms with Crippen LogP contribution in [-0.2, 0) is 12.8 Å². The molecule has 0 saturated carbocycles. The fourth-order valence-electron chi connectivity index (χ4n) is 3.46. The van der Waals surface area contributed by atoms with Gasteiger partial charge < -0.3 is 0 Å². The normalized spacial score (nSPS) is 17.8. The zero-order chi connectivity index (χ0) is 12.9. The summed E-state index contributed by atoms with van der Waals surface area (Å²) in [7, 11) is 0. The van der Waals surface area contributed by atoms with Crippen LogP contribution in [0.25, 0.3) is 10.8 Å². The van der Waals surface area contributed by atoms with Crippen LogP contribution in [0.15, 0.2) is 24.3 Å². The van der Waals surface area contributed by atoms with Crippen molar-refractivity contribution in [3.05, 3.63) is 46.5 Å². The van der Waals surface area contributed by atoms with Crippen LogP contribution < -0.4 is 0 Å². The van der Waals surface area contributed by atoms with Crippen molar-refractivity contribution in [2.45, 2.75) is 47.0 Å². The van der Waals surface area contributed by atoms with E-state index in [1.54, 1.807) is 11.1 Å². The third-order valence-corrected chi connectivity index (χ3v) is 4.74. The monoisotopic (exact) mass is 238 g/mol. The van der Waals surface area contributed by atoms with Crippen molar-refractivity contribution in [1.29, 1.82) is 0 Å². The molecule has 18 heavy (non-hydrogen) atoms. The predicted octanol–water partition coefficient (Wildman–Crippen LogP) is 4.97. The van der Waals surface area contributed by atoms with E-state index in [1.165, 1.54) is 41.2 Å². The first-order chi connectivity index (χ1) is 8.49. The molecule has 0 heteroatoms. The fraction of sp³-hybridized carbons (Fsp3) is 0.444. The Hall–Kier alpha value is -1.30. The molecule has 2 aromatic carbocycles. The molecule has 0 radical (unpaired) electrons. The van der Waals surface area contributed by atoms with Gasteiger partial charge >= 0.3 is 0 Å². The molecule has 0 atom stereocenters. The summed E-state index contributed by atoms with van der Waals surface area (Å²) in [5, 5.41) is 2.94. The van der Waals surface area contributed by atoms with E-state index in [0.29, 0.717) is 5.41 Å². The van der Waals surface area contributed by atoms with Gasteiger partial charge in [0.2, 0.25) is 0 Å². The van der Waals surface area contributed by atoms with Gasteiger partial charge in [-0.3, -0.25) is 0 Å². The van der Waals surface area contributed by atoms with Gasteiger partial charge in [0.1, 0.15) is 0 Å². The van der Waals surface area contributed by atoms with Crippen molar-refractivity contribution in [2.75, 3.05) is 0 Å². The molecule has 0 saturated heterocycles. The molecule has 0 aliphatic heterocycles. The zero-order valence-corrected chi connectivity index (χ0v) is 11.9. The highest BCUT2D eigenvalue weighted by Crippen LogP contribution is 2.40. The average molecular weight is 238 g/mol. The summed E-state index contributed by atoms with van der Waals surface area (Å²) >= 11 is 0. The largest absolute Gasteiger partial charge is 0.0616 e. The van der Waals surface area contributed by atoms with E-state index < -0.39 is 0 Å². The number of fused-ring (bicyclic) bond motifs is 3. The van der Waals surface area contributed by atoms with E-state index in [4.69, 9.17) is 0 Å². The second-order valence-corrected chi connectivity index (χ2v) is 6.59. The molecule has 0 heterocycles. The highest BCUT2D eigenvalue weighted by molar-refractivity contribution is 5.91. The first-order valence-electron chi connectivity index (χ1n) is 6.99. The van der Waals surface area contributed by atoms with Crippen LogP contribution >= 0.6 is 0 Å². The lowest BCUT2D eigenvalue weighted by Gasteiger charge is -2.34. The Morgan fingerprint density at radius 1 is 0.889 bits per heavy atom. The number of aryl methyl sites for hydroxylation is 1. The van der Waals surface area contributed by atoms with Crippen molar-refractivity contribution in [1.82, 2.24) is 0 Å². The molecule has 94 valence electrons. The Kier molecular flexibility index (Phi) is 2.52. The molecule has 3 rings (SSSR count). The molecule has 0 fully saturated rings. The SMILES string of the molecule is Cc1c2c(c3ccccc3c1C)CC(C)(C)CC2. The molecule has 0 bridgehead atoms. The minimum absolute atomic E-state index is 0.456. The van der Waals surface area contributed by atoms with E-state index in [0.717, 1.165) is 0 Å². The van der Waals surface area contributed by atoms with Gasteiger partial charge in [0.15, 0.2) is 0 Å². The Morgan fingerprint density at radius 2 is 1.56 bits per heavy atom. The molecule has 0 nitrogen and oxygen atoms in total. The molecule has 0 unspecified atom stereocenters. The molecule has 0 N–H and O–H groups in total. The third-order valence-electron chi connectivity index (χ3n) is 4.74. The highest BCUT2D eigenvalue weighted by atomic mass is 14.3. The summed E-state index contributed by atoms with van der Waals surface area (Å²) in [6, 6.07) is 8.93. The van der Waals surface area contributed by atoms with E-state index in [9.17, 15) is 0 Å². The van der Waals surface area contributed by atoms with Crippen molar-refractivity contribution < 1.29 is 0 Å². The summed E-state index contributed by atoms with van der Waals surface area (Å²) < 4.78 is 0. The number of rotatable bonds is 0. The molecule has 1 aliphatic rings. The molecule has 2 aromatic rings. The number of hydrogen-bond acceptors (Lipinski definition) is 0. The van der Waals surface area contributed by atoms with Crippen molar-refractivity contribution >= 4 is 10.8 Å². The summed E-state index contributed by atoms with van der Waals surface area (Å²) in [4.78, 5) is 0. The van der Waals surface area contributed by atoms with Crippen molar-refractivity contribution in [2.24, 2.45) is 5.41 Å². The Bertz CT molecular complexity index is 617. The number of benzene rings is 2. The van der Waals surface area contributed by atoms with E-state index >= 15 is 0 Å². The van der Waals surface area contributed by atoms with Gasteiger partial charge in [-0.15, -0.1) is 0 Å². The lowest BCUT2D eigenvalue weighted by Crippen LogP contribution is -2.23. The van der Waals surface area contributed by atoms with Crippen LogP contribution in [-0.4, -0.2) is 0 Å². The van der Waals surface area contributed by atoms with Crippen LogP contribution in [0.2, 0.25) is 0 Å². The van der Waals surface area contributed by atoms with Crippen molar-refractivity contribution in [3.63, 3.8) is 0 Å². The maximum Gasteiger partial charge on any atom is -0.0146 e. The molecule has 0 aromatic heterocycles. The van der Waals surface area contributed by atoms with E-state index in [-0.39, 0.29) is 0 Å². The first-order valence-corrected chi connectivity index (χ1v) is 6.99. The van der Waals surface area contributed by atoms with Crippen molar-refractivity contribution in [3.8, 4) is 0 Å². The highest BCUT2D eigenvalue weighted by Gasteiger charge is 2.28. The lowest BCUT2D eigenvalue weighted by atomic mass is 9.71. The first kappa shape index (κ1) is 11.8. The molecule has 1 aliphatic carbocycles. The molecule has 0 spiro atoms. The minimum Gasteiger partial charge on any atom is -0.0616 e. The maximum absolute atomic E-state index is 2.40. The smallest absolute Gasteiger partial charge is 0.0146 e. The zero-order valence-electron chi connectivity index (χ0n) is 11.9. The van der Waals surface area contributed by atoms with E-state index in [1.807, 2.05) is 0 Å². The van der Waals surface area contributed by atoms with Crippen LogP contribution in [0.1, 0.15) is 42.5 Å². The Balaban J connectivity index is 2.37. The average Bonchev–Trinajstić information content (AvgIpc) is 2.35. The second kappa shape index (κ2) is 3.85. The topological polar surface area (TPSA) is 0 Å². The third kappa shape index (κ3) is 1.67. The van der Waals surface area contributed by atoms with Gasteiger partial charge in [-0.25, -0.2) is 0 Å². The summed E-state index contributed by atoms with van der Waals surface area (Å²) in [5.41, 5.74) is 6.70. The Morgan fingerprint density at radius 3 is 2.28 bits per heavy atom. The number of hydrogen-bond donors (Lipinski definition) is 0. The quantitative estimate of drug-likeness (QED) is 0.607. The predicted molar refractivity (Wildman–Crippen MR) is 79.2 cm³/mol. The Labute approximate surface area is 110 Å². The van der Waals surface area contributed by atoms with Gasteiger partial charge in [-0.2, -0.15) is 0 Å². The minimum atomic E-state index is 0.456. The van der Waals surface area contributed by atoms with Crippen LogP contribution in [0.4, 0.5) is 0 Å². The lowest BCUT2D eigenvalue weighted by molar-refractivity contribution is 0.316. The fourth-order valence-corrected chi connectivity index (χ4v) is 3.46. The molecular weight excluding hydrogens is 216 g/mol. The van der Waals surface area contributed by atoms with Crippen LogP contribution in [0, 0.1) is 19.3 Å². The van der Waals surface area contributed by atoms with Crippen LogP contribution in [0.3, 0.4) is 0 Å². The standard InChI is InChI=1S/C18H22/c1-12-13(2)15-9-10-18(3,4)11-17(15)16-8-6-5-7-14(12)16/h5-8H,9-11H2,1-4H3. The van der Waals surface area contributed by atoms with Crippen LogP contribution in [0.5, 0.6) is 0 Å². The van der Waals surface area contributed by atoms with Gasteiger partial charge in [-0.1, -0.05) is 38.1 Å². The van der Waals surface area contributed by atoms with Gasteiger partial charge in [0.05, 0.1) is 0 Å².